The number of hydrogen-bond acceptors (Lipinski definition) is 4. The average Bonchev–Trinajstić information content (AvgIpc) is 2.73. The lowest BCUT2D eigenvalue weighted by atomic mass is 10.2. The van der Waals surface area contributed by atoms with E-state index in [4.69, 9.17) is 5.73 Å². The maximum absolute atomic E-state index is 13.5. The molecule has 1 aromatic heterocycles. The van der Waals surface area contributed by atoms with Gasteiger partial charge in [0.2, 0.25) is 0 Å². The summed E-state index contributed by atoms with van der Waals surface area (Å²) in [6, 6.07) is 3.45. The van der Waals surface area contributed by atoms with Crippen molar-refractivity contribution in [1.29, 1.82) is 0 Å². The number of aryl methyl sites for hydroxylation is 3. The molecule has 0 bridgehead atoms. The first kappa shape index (κ1) is 16.9. The van der Waals surface area contributed by atoms with Crippen LogP contribution in [0.15, 0.2) is 23.1 Å². The summed E-state index contributed by atoms with van der Waals surface area (Å²) in [7, 11) is -2.60. The molecule has 9 heteroatoms. The van der Waals surface area contributed by atoms with Crippen LogP contribution < -0.4 is 10.5 Å². The second kappa shape index (κ2) is 5.99. The van der Waals surface area contributed by atoms with E-state index in [-0.39, 0.29) is 16.3 Å². The van der Waals surface area contributed by atoms with E-state index in [1.165, 1.54) is 23.9 Å². The van der Waals surface area contributed by atoms with Gasteiger partial charge < -0.3 is 5.73 Å². The quantitative estimate of drug-likeness (QED) is 0.856. The van der Waals surface area contributed by atoms with Crippen LogP contribution in [0.4, 0.5) is 10.1 Å². The first-order chi connectivity index (χ1) is 10.7. The molecule has 7 nitrogen and oxygen atoms in total. The molecular formula is C14H17FN4O3S. The van der Waals surface area contributed by atoms with E-state index in [1.807, 2.05) is 0 Å². The number of amides is 1. The van der Waals surface area contributed by atoms with Gasteiger partial charge in [-0.05, 0) is 37.1 Å². The third-order valence-electron chi connectivity index (χ3n) is 3.25. The molecule has 2 aromatic rings. The van der Waals surface area contributed by atoms with Crippen molar-refractivity contribution < 1.29 is 17.6 Å². The molecule has 0 radical (unpaired) electrons. The highest BCUT2D eigenvalue weighted by atomic mass is 32.2. The minimum atomic E-state index is -4.08. The topological polar surface area (TPSA) is 107 Å². The van der Waals surface area contributed by atoms with Crippen LogP contribution in [0.3, 0.4) is 0 Å². The van der Waals surface area contributed by atoms with Crippen LogP contribution in [-0.4, -0.2) is 24.1 Å². The Morgan fingerprint density at radius 3 is 2.57 bits per heavy atom. The molecule has 3 N–H and O–H groups in total. The van der Waals surface area contributed by atoms with Crippen molar-refractivity contribution in [3.8, 4) is 0 Å². The van der Waals surface area contributed by atoms with Crippen molar-refractivity contribution in [1.82, 2.24) is 9.78 Å². The lowest BCUT2D eigenvalue weighted by molar-refractivity contribution is 0.0992. The summed E-state index contributed by atoms with van der Waals surface area (Å²) in [5, 5.41) is 4.08. The Morgan fingerprint density at radius 1 is 1.39 bits per heavy atom. The molecule has 0 atom stereocenters. The average molecular weight is 340 g/mol. The number of carbonyl (C=O) groups excluding carboxylic acids is 1. The van der Waals surface area contributed by atoms with Gasteiger partial charge in [0.1, 0.15) is 17.2 Å². The molecule has 0 unspecified atom stereocenters. The fourth-order valence-corrected chi connectivity index (χ4v) is 3.48. The third-order valence-corrected chi connectivity index (χ3v) is 4.58. The van der Waals surface area contributed by atoms with E-state index in [0.717, 1.165) is 6.07 Å². The van der Waals surface area contributed by atoms with E-state index in [2.05, 4.69) is 9.82 Å². The van der Waals surface area contributed by atoms with Gasteiger partial charge in [0.25, 0.3) is 15.9 Å². The summed E-state index contributed by atoms with van der Waals surface area (Å²) in [5.74, 6) is -1.48. The highest BCUT2D eigenvalue weighted by Gasteiger charge is 2.25. The Morgan fingerprint density at radius 2 is 2.04 bits per heavy atom. The van der Waals surface area contributed by atoms with Gasteiger partial charge in [-0.2, -0.15) is 5.10 Å². The number of nitrogens with one attached hydrogen (secondary N) is 1. The third kappa shape index (κ3) is 3.34. The van der Waals surface area contributed by atoms with E-state index >= 15 is 0 Å². The van der Waals surface area contributed by atoms with Gasteiger partial charge in [-0.3, -0.25) is 14.2 Å². The molecule has 0 spiro atoms. The number of halogens is 1. The van der Waals surface area contributed by atoms with Crippen molar-refractivity contribution in [3.63, 3.8) is 0 Å². The maximum Gasteiger partial charge on any atom is 0.269 e. The zero-order valence-electron chi connectivity index (χ0n) is 12.9. The molecule has 0 saturated carbocycles. The summed E-state index contributed by atoms with van der Waals surface area (Å²) >= 11 is 0. The molecule has 0 fully saturated rings. The molecule has 124 valence electrons. The normalized spacial score (nSPS) is 11.5. The standard InChI is InChI=1S/C14H17FN4O3S/c1-4-11-12(13(14(16)20)19(3)17-11)18-23(21,22)10-6-8(2)5-9(15)7-10/h5-7,18H,4H2,1-3H3,(H2,16,20). The number of aromatic nitrogens is 2. The van der Waals surface area contributed by atoms with Gasteiger partial charge in [0.05, 0.1) is 10.6 Å². The Balaban J connectivity index is 2.55. The number of primary amides is 1. The predicted octanol–water partition coefficient (Wildman–Crippen LogP) is 1.33. The molecule has 0 aliphatic carbocycles. The first-order valence-corrected chi connectivity index (χ1v) is 8.29. The van der Waals surface area contributed by atoms with Crippen LogP contribution in [0, 0.1) is 12.7 Å². The number of benzene rings is 1. The lowest BCUT2D eigenvalue weighted by Gasteiger charge is -2.10. The summed E-state index contributed by atoms with van der Waals surface area (Å²) in [6.07, 6.45) is 0.390. The van der Waals surface area contributed by atoms with Crippen molar-refractivity contribution in [2.24, 2.45) is 12.8 Å². The molecule has 2 rings (SSSR count). The van der Waals surface area contributed by atoms with Crippen molar-refractivity contribution in [2.45, 2.75) is 25.2 Å². The smallest absolute Gasteiger partial charge is 0.269 e. The van der Waals surface area contributed by atoms with Crippen LogP contribution in [-0.2, 0) is 23.5 Å². The first-order valence-electron chi connectivity index (χ1n) is 6.81. The number of nitrogens with two attached hydrogens (primary N) is 1. The van der Waals surface area contributed by atoms with Gasteiger partial charge in [0, 0.05) is 7.05 Å². The predicted molar refractivity (Wildman–Crippen MR) is 83.0 cm³/mol. The summed E-state index contributed by atoms with van der Waals surface area (Å²) in [5.41, 5.74) is 6.09. The SMILES string of the molecule is CCc1nn(C)c(C(N)=O)c1NS(=O)(=O)c1cc(C)cc(F)c1. The van der Waals surface area contributed by atoms with Gasteiger partial charge in [-0.1, -0.05) is 6.92 Å². The van der Waals surface area contributed by atoms with E-state index in [9.17, 15) is 17.6 Å². The molecule has 0 saturated heterocycles. The van der Waals surface area contributed by atoms with Gasteiger partial charge in [0.15, 0.2) is 0 Å². The fourth-order valence-electron chi connectivity index (χ4n) is 2.27. The Bertz CT molecular complexity index is 854. The van der Waals surface area contributed by atoms with Crippen LogP contribution in [0.25, 0.3) is 0 Å². The Kier molecular flexibility index (Phi) is 4.42. The zero-order valence-corrected chi connectivity index (χ0v) is 13.7. The monoisotopic (exact) mass is 340 g/mol. The Hall–Kier alpha value is -2.42. The molecule has 23 heavy (non-hydrogen) atoms. The van der Waals surface area contributed by atoms with Crippen LogP contribution >= 0.6 is 0 Å². The van der Waals surface area contributed by atoms with Crippen molar-refractivity contribution in [3.05, 3.63) is 41.0 Å². The second-order valence-electron chi connectivity index (χ2n) is 5.08. The van der Waals surface area contributed by atoms with Crippen LogP contribution in [0.1, 0.15) is 28.7 Å². The molecule has 0 aliphatic heterocycles. The number of sulfonamides is 1. The fraction of sp³-hybridized carbons (Fsp3) is 0.286. The highest BCUT2D eigenvalue weighted by Crippen LogP contribution is 2.25. The molecule has 1 heterocycles. The summed E-state index contributed by atoms with van der Waals surface area (Å²) < 4.78 is 42.0. The summed E-state index contributed by atoms with van der Waals surface area (Å²) in [6.45, 7) is 3.34. The summed E-state index contributed by atoms with van der Waals surface area (Å²) in [4.78, 5) is 11.3. The maximum atomic E-state index is 13.5. The van der Waals surface area contributed by atoms with Crippen LogP contribution in [0.2, 0.25) is 0 Å². The molecule has 1 aromatic carbocycles. The van der Waals surface area contributed by atoms with Gasteiger partial charge >= 0.3 is 0 Å². The molecular weight excluding hydrogens is 323 g/mol. The minimum absolute atomic E-state index is 0.0180. The van der Waals surface area contributed by atoms with E-state index in [0.29, 0.717) is 17.7 Å². The van der Waals surface area contributed by atoms with Gasteiger partial charge in [-0.25, -0.2) is 12.8 Å². The lowest BCUT2D eigenvalue weighted by Crippen LogP contribution is -2.21. The van der Waals surface area contributed by atoms with E-state index in [1.54, 1.807) is 13.8 Å². The largest absolute Gasteiger partial charge is 0.364 e. The van der Waals surface area contributed by atoms with Crippen molar-refractivity contribution >= 4 is 21.6 Å². The van der Waals surface area contributed by atoms with Crippen LogP contribution in [0.5, 0.6) is 0 Å². The minimum Gasteiger partial charge on any atom is -0.364 e. The number of nitrogens with zero attached hydrogens (tertiary/aromatic N) is 2. The van der Waals surface area contributed by atoms with E-state index < -0.39 is 21.7 Å². The zero-order chi connectivity index (χ0) is 17.4. The number of carbonyl (C=O) groups is 1. The van der Waals surface area contributed by atoms with Gasteiger partial charge in [-0.15, -0.1) is 0 Å². The highest BCUT2D eigenvalue weighted by molar-refractivity contribution is 7.92. The number of rotatable bonds is 5. The molecule has 1 amide bonds. The molecule has 0 aliphatic rings. The number of anilines is 1. The Labute approximate surface area is 133 Å². The second-order valence-corrected chi connectivity index (χ2v) is 6.76. The van der Waals surface area contributed by atoms with Crippen molar-refractivity contribution in [2.75, 3.05) is 4.72 Å². The number of hydrogen-bond donors (Lipinski definition) is 2.